The van der Waals surface area contributed by atoms with Gasteiger partial charge in [-0.2, -0.15) is 9.57 Å². The summed E-state index contributed by atoms with van der Waals surface area (Å²) in [7, 11) is -3.28. The third-order valence-electron chi connectivity index (χ3n) is 6.94. The third-order valence-corrected chi connectivity index (χ3v) is 8.24. The predicted molar refractivity (Wildman–Crippen MR) is 131 cm³/mol. The molecular formula is C26H26N4O3S. The molecule has 174 valence electrons. The average Bonchev–Trinajstić information content (AvgIpc) is 3.64. The van der Waals surface area contributed by atoms with Crippen LogP contribution in [-0.4, -0.2) is 60.9 Å². The monoisotopic (exact) mass is 474 g/mol. The Labute approximate surface area is 199 Å². The predicted octanol–water partition coefficient (Wildman–Crippen LogP) is 3.48. The molecule has 0 spiro atoms. The second-order valence-corrected chi connectivity index (χ2v) is 11.3. The van der Waals surface area contributed by atoms with Gasteiger partial charge in [-0.25, -0.2) is 8.42 Å². The molecule has 0 atom stereocenters. The fourth-order valence-electron chi connectivity index (χ4n) is 4.72. The Balaban J connectivity index is 1.55. The molecule has 1 saturated carbocycles. The van der Waals surface area contributed by atoms with Crippen LogP contribution in [-0.2, 0) is 15.4 Å². The van der Waals surface area contributed by atoms with Crippen molar-refractivity contribution in [3.05, 3.63) is 65.4 Å². The van der Waals surface area contributed by atoms with E-state index < -0.39 is 10.0 Å². The Morgan fingerprint density at radius 2 is 1.74 bits per heavy atom. The summed E-state index contributed by atoms with van der Waals surface area (Å²) in [6.07, 6.45) is 4.58. The molecule has 0 radical (unpaired) electrons. The van der Waals surface area contributed by atoms with Crippen LogP contribution in [0.5, 0.6) is 0 Å². The molecule has 34 heavy (non-hydrogen) atoms. The highest BCUT2D eigenvalue weighted by Crippen LogP contribution is 2.48. The molecule has 1 aromatic heterocycles. The van der Waals surface area contributed by atoms with Crippen LogP contribution in [0, 0.1) is 18.3 Å². The van der Waals surface area contributed by atoms with E-state index in [9.17, 15) is 18.5 Å². The van der Waals surface area contributed by atoms with Crippen molar-refractivity contribution in [2.75, 3.05) is 32.4 Å². The van der Waals surface area contributed by atoms with Gasteiger partial charge in [0.25, 0.3) is 5.91 Å². The van der Waals surface area contributed by atoms with Crippen LogP contribution < -0.4 is 0 Å². The van der Waals surface area contributed by atoms with Crippen molar-refractivity contribution in [2.24, 2.45) is 0 Å². The number of rotatable bonds is 4. The molecule has 1 aliphatic heterocycles. The van der Waals surface area contributed by atoms with Gasteiger partial charge in [-0.3, -0.25) is 9.78 Å². The maximum absolute atomic E-state index is 13.6. The maximum Gasteiger partial charge on any atom is 0.256 e. The number of nitrogens with zero attached hydrogens (tertiary/aromatic N) is 4. The van der Waals surface area contributed by atoms with Crippen molar-refractivity contribution >= 4 is 26.8 Å². The number of benzene rings is 2. The van der Waals surface area contributed by atoms with Gasteiger partial charge in [-0.1, -0.05) is 36.4 Å². The second-order valence-electron chi connectivity index (χ2n) is 9.29. The topological polar surface area (TPSA) is 94.4 Å². The Hall–Kier alpha value is -3.28. The summed E-state index contributed by atoms with van der Waals surface area (Å²) >= 11 is 0. The molecule has 3 aromatic rings. The lowest BCUT2D eigenvalue weighted by atomic mass is 9.91. The number of sulfonamides is 1. The van der Waals surface area contributed by atoms with Crippen molar-refractivity contribution in [1.82, 2.24) is 14.2 Å². The number of pyridine rings is 1. The molecule has 2 aliphatic rings. The van der Waals surface area contributed by atoms with E-state index in [1.807, 2.05) is 49.4 Å². The summed E-state index contributed by atoms with van der Waals surface area (Å²) in [5.74, 6) is -0.155. The van der Waals surface area contributed by atoms with Gasteiger partial charge < -0.3 is 4.90 Å². The first-order chi connectivity index (χ1) is 16.2. The Morgan fingerprint density at radius 3 is 2.32 bits per heavy atom. The molecule has 0 N–H and O–H groups in total. The first-order valence-electron chi connectivity index (χ1n) is 11.4. The SMILES string of the molecule is Cc1ccc2c(-c3ccc(C4(C#N)CC4)cc3)c(C(=O)N3CCN(S(C)(=O)=O)CC3)cnc2c1. The quantitative estimate of drug-likeness (QED) is 0.577. The minimum absolute atomic E-state index is 0.155. The lowest BCUT2D eigenvalue weighted by molar-refractivity contribution is 0.0699. The van der Waals surface area contributed by atoms with E-state index in [0.717, 1.165) is 46.0 Å². The van der Waals surface area contributed by atoms with Gasteiger partial charge in [-0.15, -0.1) is 0 Å². The Bertz CT molecular complexity index is 1430. The van der Waals surface area contributed by atoms with Crippen molar-refractivity contribution in [3.8, 4) is 17.2 Å². The maximum atomic E-state index is 13.6. The van der Waals surface area contributed by atoms with Gasteiger partial charge in [0.1, 0.15) is 0 Å². The van der Waals surface area contributed by atoms with Crippen LogP contribution in [0.3, 0.4) is 0 Å². The molecule has 2 heterocycles. The number of hydrogen-bond donors (Lipinski definition) is 0. The van der Waals surface area contributed by atoms with Gasteiger partial charge in [0, 0.05) is 43.3 Å². The van der Waals surface area contributed by atoms with Gasteiger partial charge in [0.05, 0.1) is 28.8 Å². The van der Waals surface area contributed by atoms with E-state index >= 15 is 0 Å². The van der Waals surface area contributed by atoms with Crippen LogP contribution in [0.15, 0.2) is 48.7 Å². The number of aromatic nitrogens is 1. The molecule has 0 bridgehead atoms. The van der Waals surface area contributed by atoms with Gasteiger partial charge in [0.15, 0.2) is 0 Å². The lowest BCUT2D eigenvalue weighted by Crippen LogP contribution is -2.50. The zero-order chi connectivity index (χ0) is 24.1. The highest BCUT2D eigenvalue weighted by Gasteiger charge is 2.44. The molecule has 0 unspecified atom stereocenters. The van der Waals surface area contributed by atoms with Crippen LogP contribution in [0.4, 0.5) is 0 Å². The largest absolute Gasteiger partial charge is 0.336 e. The molecule has 5 rings (SSSR count). The lowest BCUT2D eigenvalue weighted by Gasteiger charge is -2.33. The summed E-state index contributed by atoms with van der Waals surface area (Å²) in [6.45, 7) is 3.24. The van der Waals surface area contributed by atoms with Crippen LogP contribution in [0.25, 0.3) is 22.0 Å². The van der Waals surface area contributed by atoms with E-state index in [4.69, 9.17) is 0 Å². The standard InChI is InChI=1S/C26H26N4O3S/c1-18-3-8-21-23(15-18)28-16-22(25(31)29-11-13-30(14-12-29)34(2,32)33)24(21)19-4-6-20(7-5-19)26(17-27)9-10-26/h3-8,15-16H,9-14H2,1-2H3. The van der Waals surface area contributed by atoms with Crippen molar-refractivity contribution in [1.29, 1.82) is 5.26 Å². The summed E-state index contributed by atoms with van der Waals surface area (Å²) in [6, 6.07) is 16.4. The summed E-state index contributed by atoms with van der Waals surface area (Å²) in [5.41, 5.74) is 4.75. The third kappa shape index (κ3) is 3.95. The normalized spacial score (nSPS) is 18.0. The highest BCUT2D eigenvalue weighted by molar-refractivity contribution is 7.88. The number of piperazine rings is 1. The van der Waals surface area contributed by atoms with Crippen LogP contribution in [0.1, 0.15) is 34.3 Å². The summed E-state index contributed by atoms with van der Waals surface area (Å²) < 4.78 is 25.1. The van der Waals surface area contributed by atoms with Crippen LogP contribution >= 0.6 is 0 Å². The zero-order valence-corrected chi connectivity index (χ0v) is 20.1. The summed E-state index contributed by atoms with van der Waals surface area (Å²) in [5, 5.41) is 10.4. The molecule has 2 fully saturated rings. The highest BCUT2D eigenvalue weighted by atomic mass is 32.2. The van der Waals surface area contributed by atoms with Crippen LogP contribution in [0.2, 0.25) is 0 Å². The molecule has 1 saturated heterocycles. The number of fused-ring (bicyclic) bond motifs is 1. The Kier molecular flexibility index (Phi) is 5.42. The zero-order valence-electron chi connectivity index (χ0n) is 19.3. The first-order valence-corrected chi connectivity index (χ1v) is 13.2. The van der Waals surface area contributed by atoms with E-state index in [0.29, 0.717) is 18.7 Å². The van der Waals surface area contributed by atoms with E-state index in [1.165, 1.54) is 10.6 Å². The molecule has 1 aliphatic carbocycles. The molecular weight excluding hydrogens is 448 g/mol. The van der Waals surface area contributed by atoms with E-state index in [-0.39, 0.29) is 24.4 Å². The smallest absolute Gasteiger partial charge is 0.256 e. The molecule has 2 aromatic carbocycles. The minimum Gasteiger partial charge on any atom is -0.336 e. The molecule has 8 heteroatoms. The van der Waals surface area contributed by atoms with Crippen molar-refractivity contribution in [2.45, 2.75) is 25.2 Å². The average molecular weight is 475 g/mol. The fraction of sp³-hybridized carbons (Fsp3) is 0.346. The second kappa shape index (κ2) is 8.19. The number of carbonyl (C=O) groups excluding carboxylic acids is 1. The van der Waals surface area contributed by atoms with Gasteiger partial charge >= 0.3 is 0 Å². The number of carbonyl (C=O) groups is 1. The summed E-state index contributed by atoms with van der Waals surface area (Å²) in [4.78, 5) is 19.9. The molecule has 7 nitrogen and oxygen atoms in total. The fourth-order valence-corrected chi connectivity index (χ4v) is 5.54. The van der Waals surface area contributed by atoms with Crippen molar-refractivity contribution < 1.29 is 13.2 Å². The Morgan fingerprint density at radius 1 is 1.06 bits per heavy atom. The number of hydrogen-bond acceptors (Lipinski definition) is 5. The van der Waals surface area contributed by atoms with Crippen molar-refractivity contribution in [3.63, 3.8) is 0 Å². The number of aryl methyl sites for hydroxylation is 1. The first kappa shape index (κ1) is 22.5. The number of amides is 1. The molecule has 1 amide bonds. The van der Waals surface area contributed by atoms with Gasteiger partial charge in [0.2, 0.25) is 10.0 Å². The van der Waals surface area contributed by atoms with E-state index in [2.05, 4.69) is 11.1 Å². The van der Waals surface area contributed by atoms with E-state index in [1.54, 1.807) is 11.1 Å². The number of nitriles is 1. The minimum atomic E-state index is -3.28. The van der Waals surface area contributed by atoms with Gasteiger partial charge in [-0.05, 0) is 42.5 Å².